The summed E-state index contributed by atoms with van der Waals surface area (Å²) in [6, 6.07) is 5.16. The molecule has 1 aliphatic carbocycles. The average Bonchev–Trinajstić information content (AvgIpc) is 3.07. The molecule has 25 heavy (non-hydrogen) atoms. The number of nitrogens with zero attached hydrogens (tertiary/aromatic N) is 1. The Kier molecular flexibility index (Phi) is 6.60. The van der Waals surface area contributed by atoms with Gasteiger partial charge in [0.2, 0.25) is 0 Å². The smallest absolute Gasteiger partial charge is 0.133 e. The maximum atomic E-state index is 13.7. The molecule has 1 aliphatic heterocycles. The van der Waals surface area contributed by atoms with Crippen LogP contribution in [0.2, 0.25) is 0 Å². The predicted molar refractivity (Wildman–Crippen MR) is 99.5 cm³/mol. The van der Waals surface area contributed by atoms with E-state index in [1.54, 1.807) is 6.08 Å². The molecular weight excluding hydrogens is 318 g/mol. The van der Waals surface area contributed by atoms with Gasteiger partial charge < -0.3 is 5.32 Å². The van der Waals surface area contributed by atoms with Gasteiger partial charge in [0.15, 0.2) is 0 Å². The van der Waals surface area contributed by atoms with Gasteiger partial charge in [-0.3, -0.25) is 4.90 Å². The van der Waals surface area contributed by atoms with Crippen molar-refractivity contribution < 1.29 is 8.78 Å². The Hall–Kier alpha value is -1.26. The molecule has 1 saturated carbocycles. The van der Waals surface area contributed by atoms with Gasteiger partial charge in [0.1, 0.15) is 11.6 Å². The van der Waals surface area contributed by atoms with E-state index in [-0.39, 0.29) is 0 Å². The van der Waals surface area contributed by atoms with Gasteiger partial charge in [0, 0.05) is 36.8 Å². The van der Waals surface area contributed by atoms with Crippen LogP contribution in [0.25, 0.3) is 6.08 Å². The van der Waals surface area contributed by atoms with Crippen LogP contribution in [0.4, 0.5) is 8.78 Å². The van der Waals surface area contributed by atoms with Crippen molar-refractivity contribution in [3.8, 4) is 0 Å². The molecule has 0 radical (unpaired) electrons. The summed E-state index contributed by atoms with van der Waals surface area (Å²) in [5.74, 6) is -1.03. The molecule has 2 fully saturated rings. The molecule has 4 heteroatoms. The zero-order chi connectivity index (χ0) is 17.6. The van der Waals surface area contributed by atoms with Gasteiger partial charge in [-0.05, 0) is 51.3 Å². The zero-order valence-electron chi connectivity index (χ0n) is 15.2. The van der Waals surface area contributed by atoms with Crippen molar-refractivity contribution in [1.82, 2.24) is 10.2 Å². The van der Waals surface area contributed by atoms with Gasteiger partial charge >= 0.3 is 0 Å². The van der Waals surface area contributed by atoms with Crippen molar-refractivity contribution in [2.24, 2.45) is 0 Å². The summed E-state index contributed by atoms with van der Waals surface area (Å²) in [4.78, 5) is 2.73. The van der Waals surface area contributed by atoms with E-state index >= 15 is 0 Å². The average molecular weight is 348 g/mol. The Bertz CT molecular complexity index is 594. The molecule has 0 aromatic heterocycles. The van der Waals surface area contributed by atoms with E-state index in [4.69, 9.17) is 0 Å². The standard InChI is InChI=1S/C21H30F2N2/c1-16(12-17-9-10-18(22)13-21(17)23)14-24-15-20-8-5-11-25(20)19-6-3-2-4-7-19/h9-10,12-13,19-20,24H,2-8,11,14-15H2,1H3/b16-12+. The quantitative estimate of drug-likeness (QED) is 0.798. The van der Waals surface area contributed by atoms with E-state index in [0.717, 1.165) is 30.8 Å². The Morgan fingerprint density at radius 3 is 2.72 bits per heavy atom. The predicted octanol–water partition coefficient (Wildman–Crippen LogP) is 4.75. The first kappa shape index (κ1) is 18.5. The summed E-state index contributed by atoms with van der Waals surface area (Å²) >= 11 is 0. The summed E-state index contributed by atoms with van der Waals surface area (Å²) in [5.41, 5.74) is 1.51. The van der Waals surface area contributed by atoms with E-state index in [2.05, 4.69) is 10.2 Å². The molecule has 138 valence electrons. The molecule has 2 nitrogen and oxygen atoms in total. The number of halogens is 2. The molecule has 1 saturated heterocycles. The number of rotatable bonds is 6. The molecule has 0 amide bonds. The highest BCUT2D eigenvalue weighted by atomic mass is 19.1. The van der Waals surface area contributed by atoms with Gasteiger partial charge in [0.25, 0.3) is 0 Å². The maximum absolute atomic E-state index is 13.7. The highest BCUT2D eigenvalue weighted by Crippen LogP contribution is 2.28. The molecular formula is C21H30F2N2. The summed E-state index contributed by atoms with van der Waals surface area (Å²) in [6.07, 6.45) is 11.3. The second-order valence-corrected chi connectivity index (χ2v) is 7.61. The molecule has 1 atom stereocenters. The number of likely N-dealkylation sites (tertiary alicyclic amines) is 1. The van der Waals surface area contributed by atoms with E-state index in [1.807, 2.05) is 6.92 Å². The number of hydrogen-bond acceptors (Lipinski definition) is 2. The third-order valence-corrected chi connectivity index (χ3v) is 5.61. The summed E-state index contributed by atoms with van der Waals surface area (Å²) in [6.45, 7) is 4.97. The Morgan fingerprint density at radius 1 is 1.16 bits per heavy atom. The van der Waals surface area contributed by atoms with Crippen LogP contribution in [0.3, 0.4) is 0 Å². The van der Waals surface area contributed by atoms with E-state index < -0.39 is 11.6 Å². The SMILES string of the molecule is C/C(=C\c1ccc(F)cc1F)CNCC1CCCN1C1CCCCC1. The molecule has 3 rings (SSSR count). The highest BCUT2D eigenvalue weighted by Gasteiger charge is 2.30. The van der Waals surface area contributed by atoms with Gasteiger partial charge in [-0.25, -0.2) is 8.78 Å². The Labute approximate surface area is 150 Å². The van der Waals surface area contributed by atoms with Crippen molar-refractivity contribution in [2.45, 2.75) is 64.0 Å². The molecule has 1 N–H and O–H groups in total. The molecule has 0 bridgehead atoms. The van der Waals surface area contributed by atoms with Crippen molar-refractivity contribution in [1.29, 1.82) is 0 Å². The van der Waals surface area contributed by atoms with Crippen LogP contribution in [0.15, 0.2) is 23.8 Å². The van der Waals surface area contributed by atoms with Crippen LogP contribution in [-0.2, 0) is 0 Å². The molecule has 1 heterocycles. The topological polar surface area (TPSA) is 15.3 Å². The van der Waals surface area contributed by atoms with Crippen LogP contribution >= 0.6 is 0 Å². The van der Waals surface area contributed by atoms with Gasteiger partial charge in [-0.1, -0.05) is 30.9 Å². The number of benzene rings is 1. The fourth-order valence-electron chi connectivity index (χ4n) is 4.34. The Morgan fingerprint density at radius 2 is 1.96 bits per heavy atom. The van der Waals surface area contributed by atoms with Crippen molar-refractivity contribution in [2.75, 3.05) is 19.6 Å². The van der Waals surface area contributed by atoms with Gasteiger partial charge in [0.05, 0.1) is 0 Å². The molecule has 1 unspecified atom stereocenters. The minimum atomic E-state index is -0.533. The second-order valence-electron chi connectivity index (χ2n) is 7.61. The highest BCUT2D eigenvalue weighted by molar-refractivity contribution is 5.53. The lowest BCUT2D eigenvalue weighted by atomic mass is 9.94. The maximum Gasteiger partial charge on any atom is 0.133 e. The molecule has 2 aliphatic rings. The van der Waals surface area contributed by atoms with E-state index in [1.165, 1.54) is 63.6 Å². The Balaban J connectivity index is 1.48. The van der Waals surface area contributed by atoms with Crippen molar-refractivity contribution >= 4 is 6.08 Å². The second kappa shape index (κ2) is 8.91. The minimum Gasteiger partial charge on any atom is -0.311 e. The van der Waals surface area contributed by atoms with Crippen LogP contribution in [0.1, 0.15) is 57.4 Å². The summed E-state index contributed by atoms with van der Waals surface area (Å²) < 4.78 is 26.7. The first-order valence-electron chi connectivity index (χ1n) is 9.72. The van der Waals surface area contributed by atoms with Crippen LogP contribution in [0.5, 0.6) is 0 Å². The van der Waals surface area contributed by atoms with E-state index in [0.29, 0.717) is 11.6 Å². The largest absolute Gasteiger partial charge is 0.311 e. The van der Waals surface area contributed by atoms with Gasteiger partial charge in [-0.15, -0.1) is 0 Å². The first-order valence-corrected chi connectivity index (χ1v) is 9.72. The van der Waals surface area contributed by atoms with E-state index in [9.17, 15) is 8.78 Å². The monoisotopic (exact) mass is 348 g/mol. The third-order valence-electron chi connectivity index (χ3n) is 5.61. The zero-order valence-corrected chi connectivity index (χ0v) is 15.2. The normalized spacial score (nSPS) is 23.3. The molecule has 0 spiro atoms. The van der Waals surface area contributed by atoms with Crippen molar-refractivity contribution in [3.63, 3.8) is 0 Å². The van der Waals surface area contributed by atoms with Crippen LogP contribution in [0, 0.1) is 11.6 Å². The lowest BCUT2D eigenvalue weighted by Gasteiger charge is -2.35. The number of hydrogen-bond donors (Lipinski definition) is 1. The van der Waals surface area contributed by atoms with Crippen LogP contribution < -0.4 is 5.32 Å². The van der Waals surface area contributed by atoms with Crippen LogP contribution in [-0.4, -0.2) is 36.6 Å². The first-order chi connectivity index (χ1) is 12.1. The fourth-order valence-corrected chi connectivity index (χ4v) is 4.34. The minimum absolute atomic E-state index is 0.449. The molecule has 1 aromatic rings. The summed E-state index contributed by atoms with van der Waals surface area (Å²) in [7, 11) is 0. The van der Waals surface area contributed by atoms with Crippen molar-refractivity contribution in [3.05, 3.63) is 41.0 Å². The van der Waals surface area contributed by atoms with Gasteiger partial charge in [-0.2, -0.15) is 0 Å². The summed E-state index contributed by atoms with van der Waals surface area (Å²) in [5, 5.41) is 3.54. The number of nitrogens with one attached hydrogen (secondary N) is 1. The lowest BCUT2D eigenvalue weighted by molar-refractivity contribution is 0.141. The lowest BCUT2D eigenvalue weighted by Crippen LogP contribution is -2.45. The third kappa shape index (κ3) is 5.11. The fraction of sp³-hybridized carbons (Fsp3) is 0.619. The molecule has 1 aromatic carbocycles.